The van der Waals surface area contributed by atoms with Crippen LogP contribution in [0.4, 0.5) is 0 Å². The molecule has 1 fully saturated rings. The molecule has 2 atom stereocenters. The highest BCUT2D eigenvalue weighted by atomic mass is 16.7. The average Bonchev–Trinajstić information content (AvgIpc) is 2.92. The van der Waals surface area contributed by atoms with Gasteiger partial charge < -0.3 is 14.2 Å². The standard InChI is InChI=1S/C18H20O3/c1-18(13-19-12-15-8-4-2-5-9-15)14-20-17(21-18)16-10-6-3-7-11-16/h2-11,17H,12-14H2,1H3. The van der Waals surface area contributed by atoms with Gasteiger partial charge in [0.2, 0.25) is 0 Å². The molecular weight excluding hydrogens is 264 g/mol. The van der Waals surface area contributed by atoms with Crippen molar-refractivity contribution in [3.8, 4) is 0 Å². The average molecular weight is 284 g/mol. The molecule has 0 bridgehead atoms. The highest BCUT2D eigenvalue weighted by Crippen LogP contribution is 2.33. The fourth-order valence-corrected chi connectivity index (χ4v) is 2.39. The van der Waals surface area contributed by atoms with Crippen LogP contribution in [-0.4, -0.2) is 18.8 Å². The maximum atomic E-state index is 6.03. The van der Waals surface area contributed by atoms with Crippen LogP contribution in [0.3, 0.4) is 0 Å². The van der Waals surface area contributed by atoms with Gasteiger partial charge in [-0.25, -0.2) is 0 Å². The molecule has 21 heavy (non-hydrogen) atoms. The molecule has 1 heterocycles. The van der Waals surface area contributed by atoms with E-state index < -0.39 is 5.60 Å². The molecule has 3 rings (SSSR count). The fourth-order valence-electron chi connectivity index (χ4n) is 2.39. The van der Waals surface area contributed by atoms with Crippen molar-refractivity contribution in [1.82, 2.24) is 0 Å². The van der Waals surface area contributed by atoms with E-state index in [2.05, 4.69) is 12.1 Å². The summed E-state index contributed by atoms with van der Waals surface area (Å²) in [6.07, 6.45) is -0.295. The van der Waals surface area contributed by atoms with E-state index in [9.17, 15) is 0 Å². The highest BCUT2D eigenvalue weighted by Gasteiger charge is 2.38. The molecule has 0 aromatic heterocycles. The smallest absolute Gasteiger partial charge is 0.184 e. The van der Waals surface area contributed by atoms with Crippen LogP contribution in [0.1, 0.15) is 24.3 Å². The SMILES string of the molecule is CC1(COCc2ccccc2)COC(c2ccccc2)O1. The third kappa shape index (κ3) is 3.70. The van der Waals surface area contributed by atoms with Crippen LogP contribution in [0.5, 0.6) is 0 Å². The predicted molar refractivity (Wildman–Crippen MR) is 80.7 cm³/mol. The zero-order valence-electron chi connectivity index (χ0n) is 12.2. The van der Waals surface area contributed by atoms with Gasteiger partial charge in [-0.2, -0.15) is 0 Å². The Bertz CT molecular complexity index is 555. The van der Waals surface area contributed by atoms with E-state index in [1.54, 1.807) is 0 Å². The van der Waals surface area contributed by atoms with Crippen molar-refractivity contribution >= 4 is 0 Å². The van der Waals surface area contributed by atoms with Crippen molar-refractivity contribution in [3.05, 3.63) is 71.8 Å². The summed E-state index contributed by atoms with van der Waals surface area (Å²) in [7, 11) is 0. The molecule has 3 heteroatoms. The van der Waals surface area contributed by atoms with Crippen LogP contribution in [0.15, 0.2) is 60.7 Å². The van der Waals surface area contributed by atoms with Crippen molar-refractivity contribution < 1.29 is 14.2 Å². The number of ether oxygens (including phenoxy) is 3. The lowest BCUT2D eigenvalue weighted by molar-refractivity contribution is -0.111. The van der Waals surface area contributed by atoms with Crippen LogP contribution >= 0.6 is 0 Å². The summed E-state index contributed by atoms with van der Waals surface area (Å²) in [5, 5.41) is 0. The summed E-state index contributed by atoms with van der Waals surface area (Å²) < 4.78 is 17.6. The van der Waals surface area contributed by atoms with Gasteiger partial charge in [0, 0.05) is 5.56 Å². The van der Waals surface area contributed by atoms with Crippen LogP contribution in [0.2, 0.25) is 0 Å². The fraction of sp³-hybridized carbons (Fsp3) is 0.333. The molecule has 0 aliphatic carbocycles. The largest absolute Gasteiger partial charge is 0.374 e. The molecule has 2 aromatic rings. The highest BCUT2D eigenvalue weighted by molar-refractivity contribution is 5.17. The van der Waals surface area contributed by atoms with E-state index in [4.69, 9.17) is 14.2 Å². The zero-order valence-corrected chi connectivity index (χ0v) is 12.2. The predicted octanol–water partition coefficient (Wildman–Crippen LogP) is 3.71. The van der Waals surface area contributed by atoms with Crippen LogP contribution in [0, 0.1) is 0 Å². The molecule has 1 aliphatic heterocycles. The minimum atomic E-state index is -0.394. The van der Waals surface area contributed by atoms with Gasteiger partial charge in [0.25, 0.3) is 0 Å². The second-order valence-corrected chi connectivity index (χ2v) is 5.60. The van der Waals surface area contributed by atoms with E-state index in [0.29, 0.717) is 19.8 Å². The zero-order chi connectivity index (χ0) is 14.5. The van der Waals surface area contributed by atoms with Crippen LogP contribution in [-0.2, 0) is 20.8 Å². The van der Waals surface area contributed by atoms with Crippen molar-refractivity contribution in [2.75, 3.05) is 13.2 Å². The topological polar surface area (TPSA) is 27.7 Å². The van der Waals surface area contributed by atoms with Gasteiger partial charge in [-0.3, -0.25) is 0 Å². The lowest BCUT2D eigenvalue weighted by Gasteiger charge is -2.22. The third-order valence-electron chi connectivity index (χ3n) is 3.52. The molecule has 0 radical (unpaired) electrons. The molecule has 0 amide bonds. The maximum Gasteiger partial charge on any atom is 0.184 e. The van der Waals surface area contributed by atoms with Gasteiger partial charge >= 0.3 is 0 Å². The van der Waals surface area contributed by atoms with Crippen molar-refractivity contribution in [3.63, 3.8) is 0 Å². The molecule has 1 saturated heterocycles. The summed E-state index contributed by atoms with van der Waals surface area (Å²) >= 11 is 0. The summed E-state index contributed by atoms with van der Waals surface area (Å²) in [5.74, 6) is 0. The van der Waals surface area contributed by atoms with Gasteiger partial charge in [-0.15, -0.1) is 0 Å². The molecule has 2 aromatic carbocycles. The Kier molecular flexibility index (Phi) is 4.34. The van der Waals surface area contributed by atoms with E-state index in [0.717, 1.165) is 5.56 Å². The summed E-state index contributed by atoms with van der Waals surface area (Å²) in [4.78, 5) is 0. The molecule has 0 N–H and O–H groups in total. The Morgan fingerprint density at radius 2 is 1.71 bits per heavy atom. The van der Waals surface area contributed by atoms with Crippen molar-refractivity contribution in [1.29, 1.82) is 0 Å². The number of hydrogen-bond acceptors (Lipinski definition) is 3. The van der Waals surface area contributed by atoms with Gasteiger partial charge in [-0.05, 0) is 12.5 Å². The summed E-state index contributed by atoms with van der Waals surface area (Å²) in [6.45, 7) is 3.68. The van der Waals surface area contributed by atoms with Gasteiger partial charge in [-0.1, -0.05) is 60.7 Å². The quantitative estimate of drug-likeness (QED) is 0.837. The van der Waals surface area contributed by atoms with Crippen LogP contribution < -0.4 is 0 Å². The summed E-state index contributed by atoms with van der Waals surface area (Å²) in [6, 6.07) is 20.1. The summed E-state index contributed by atoms with van der Waals surface area (Å²) in [5.41, 5.74) is 1.82. The van der Waals surface area contributed by atoms with Gasteiger partial charge in [0.05, 0.1) is 19.8 Å². The second-order valence-electron chi connectivity index (χ2n) is 5.60. The van der Waals surface area contributed by atoms with E-state index in [1.807, 2.05) is 55.5 Å². The molecule has 2 unspecified atom stereocenters. The molecule has 0 spiro atoms. The molecular formula is C18H20O3. The third-order valence-corrected chi connectivity index (χ3v) is 3.52. The van der Waals surface area contributed by atoms with Crippen LogP contribution in [0.25, 0.3) is 0 Å². The molecule has 110 valence electrons. The normalized spacial score (nSPS) is 25.1. The monoisotopic (exact) mass is 284 g/mol. The number of hydrogen-bond donors (Lipinski definition) is 0. The molecule has 1 aliphatic rings. The Balaban J connectivity index is 1.52. The van der Waals surface area contributed by atoms with Crippen molar-refractivity contribution in [2.45, 2.75) is 25.4 Å². The Labute approximate surface area is 125 Å². The Hall–Kier alpha value is -1.68. The van der Waals surface area contributed by atoms with E-state index >= 15 is 0 Å². The van der Waals surface area contributed by atoms with Crippen molar-refractivity contribution in [2.24, 2.45) is 0 Å². The lowest BCUT2D eigenvalue weighted by atomic mass is 10.1. The van der Waals surface area contributed by atoms with E-state index in [-0.39, 0.29) is 6.29 Å². The second kappa shape index (κ2) is 6.39. The molecule has 0 saturated carbocycles. The molecule has 3 nitrogen and oxygen atoms in total. The first-order valence-electron chi connectivity index (χ1n) is 7.21. The van der Waals surface area contributed by atoms with E-state index in [1.165, 1.54) is 5.56 Å². The minimum absolute atomic E-state index is 0.295. The first-order chi connectivity index (χ1) is 10.3. The minimum Gasteiger partial charge on any atom is -0.374 e. The first-order valence-corrected chi connectivity index (χ1v) is 7.21. The number of rotatable bonds is 5. The van der Waals surface area contributed by atoms with Gasteiger partial charge in [0.1, 0.15) is 5.60 Å². The Morgan fingerprint density at radius 3 is 2.43 bits per heavy atom. The Morgan fingerprint density at radius 1 is 1.05 bits per heavy atom. The first kappa shape index (κ1) is 14.3. The lowest BCUT2D eigenvalue weighted by Crippen LogP contribution is -2.33. The number of benzene rings is 2. The van der Waals surface area contributed by atoms with Gasteiger partial charge in [0.15, 0.2) is 6.29 Å². The maximum absolute atomic E-state index is 6.03.